The summed E-state index contributed by atoms with van der Waals surface area (Å²) in [6.07, 6.45) is 3.46. The molecule has 0 aliphatic carbocycles. The number of halogens is 3. The van der Waals surface area contributed by atoms with Crippen molar-refractivity contribution in [2.45, 2.75) is 32.9 Å². The molecule has 0 spiro atoms. The zero-order valence-electron chi connectivity index (χ0n) is 12.0. The van der Waals surface area contributed by atoms with Crippen molar-refractivity contribution in [2.24, 2.45) is 0 Å². The van der Waals surface area contributed by atoms with E-state index in [-0.39, 0.29) is 11.6 Å². The molecule has 0 saturated heterocycles. The Hall–Kier alpha value is -1.69. The minimum Gasteiger partial charge on any atom is -0.334 e. The lowest BCUT2D eigenvalue weighted by Gasteiger charge is -2.16. The van der Waals surface area contributed by atoms with E-state index in [4.69, 9.17) is 0 Å². The van der Waals surface area contributed by atoms with Crippen molar-refractivity contribution in [3.63, 3.8) is 0 Å². The molecule has 0 N–H and O–H groups in total. The first-order valence-electron chi connectivity index (χ1n) is 7.27. The second-order valence-electron chi connectivity index (χ2n) is 5.73. The molecular weight excluding hydrogens is 352 g/mol. The predicted molar refractivity (Wildman–Crippen MR) is 84.7 cm³/mol. The quantitative estimate of drug-likeness (QED) is 0.568. The molecule has 0 fully saturated rings. The average Bonchev–Trinajstić information content (AvgIpc) is 2.91. The molecule has 1 aliphatic rings. The Morgan fingerprint density at radius 2 is 1.91 bits per heavy atom. The van der Waals surface area contributed by atoms with Crippen molar-refractivity contribution >= 4 is 26.8 Å². The van der Waals surface area contributed by atoms with Crippen LogP contribution >= 0.6 is 15.9 Å². The summed E-state index contributed by atoms with van der Waals surface area (Å²) in [6, 6.07) is 3.17. The highest BCUT2D eigenvalue weighted by atomic mass is 79.9. The molecule has 1 aliphatic heterocycles. The molecule has 0 amide bonds. The largest absolute Gasteiger partial charge is 0.334 e. The van der Waals surface area contributed by atoms with Crippen LogP contribution in [0.25, 0.3) is 22.3 Å². The monoisotopic (exact) mass is 365 g/mol. The van der Waals surface area contributed by atoms with Crippen LogP contribution in [0.5, 0.6) is 0 Å². The Morgan fingerprint density at radius 1 is 1.14 bits per heavy atom. The molecule has 1 aromatic carbocycles. The fourth-order valence-electron chi connectivity index (χ4n) is 3.29. The number of hydrogen-bond donors (Lipinski definition) is 0. The standard InChI is InChI=1S/C16H14BrF2N3/c1-9-6-10-13(19)16-15-11(17)8-20-22(15)5-3-2-4-21(16)14(10)12(18)7-9/h6-8H,2-5H2,1H3. The maximum Gasteiger partial charge on any atom is 0.158 e. The van der Waals surface area contributed by atoms with Crippen molar-refractivity contribution in [3.05, 3.63) is 40.0 Å². The molecule has 3 nitrogen and oxygen atoms in total. The van der Waals surface area contributed by atoms with Gasteiger partial charge in [0.1, 0.15) is 17.2 Å². The van der Waals surface area contributed by atoms with E-state index in [0.717, 1.165) is 29.4 Å². The fraction of sp³-hybridized carbons (Fsp3) is 0.312. The fourth-order valence-corrected chi connectivity index (χ4v) is 3.77. The van der Waals surface area contributed by atoms with Crippen molar-refractivity contribution in [1.82, 2.24) is 14.3 Å². The number of fused-ring (bicyclic) bond motifs is 5. The van der Waals surface area contributed by atoms with Gasteiger partial charge in [-0.3, -0.25) is 4.68 Å². The molecule has 4 rings (SSSR count). The lowest BCUT2D eigenvalue weighted by molar-refractivity contribution is 0.505. The average molecular weight is 366 g/mol. The van der Waals surface area contributed by atoms with Crippen molar-refractivity contribution in [3.8, 4) is 11.4 Å². The van der Waals surface area contributed by atoms with Crippen LogP contribution in [0.4, 0.5) is 8.78 Å². The summed E-state index contributed by atoms with van der Waals surface area (Å²) in [4.78, 5) is 0. The molecule has 0 saturated carbocycles. The van der Waals surface area contributed by atoms with Gasteiger partial charge in [0.15, 0.2) is 5.82 Å². The van der Waals surface area contributed by atoms with Crippen molar-refractivity contribution in [2.75, 3.05) is 0 Å². The Kier molecular flexibility index (Phi) is 3.11. The van der Waals surface area contributed by atoms with E-state index in [1.807, 2.05) is 0 Å². The van der Waals surface area contributed by atoms with Gasteiger partial charge in [-0.25, -0.2) is 8.78 Å². The summed E-state index contributed by atoms with van der Waals surface area (Å²) in [5, 5.41) is 4.65. The molecule has 0 radical (unpaired) electrons. The van der Waals surface area contributed by atoms with E-state index in [1.165, 1.54) is 6.07 Å². The number of benzene rings is 1. The van der Waals surface area contributed by atoms with Crippen LogP contribution in [-0.4, -0.2) is 14.3 Å². The van der Waals surface area contributed by atoms with Crippen LogP contribution in [0.3, 0.4) is 0 Å². The van der Waals surface area contributed by atoms with Gasteiger partial charge in [-0.15, -0.1) is 0 Å². The SMILES string of the molecule is Cc1cc(F)c2c(c1)c(F)c1n2CCCCn2ncc(Br)c2-1. The lowest BCUT2D eigenvalue weighted by Crippen LogP contribution is -2.12. The third kappa shape index (κ3) is 1.86. The van der Waals surface area contributed by atoms with Gasteiger partial charge in [0.25, 0.3) is 0 Å². The zero-order chi connectivity index (χ0) is 15.4. The topological polar surface area (TPSA) is 22.8 Å². The second-order valence-corrected chi connectivity index (χ2v) is 6.58. The summed E-state index contributed by atoms with van der Waals surface area (Å²) in [5.41, 5.74) is 2.17. The normalized spacial score (nSPS) is 14.5. The van der Waals surface area contributed by atoms with Gasteiger partial charge < -0.3 is 4.57 Å². The minimum atomic E-state index is -0.373. The van der Waals surface area contributed by atoms with Gasteiger partial charge in [-0.05, 0) is 53.4 Å². The van der Waals surface area contributed by atoms with Crippen LogP contribution in [0.2, 0.25) is 0 Å². The number of nitrogens with zero attached hydrogens (tertiary/aromatic N) is 3. The Balaban J connectivity index is 2.17. The summed E-state index contributed by atoms with van der Waals surface area (Å²) in [5.74, 6) is -0.745. The molecular formula is C16H14BrF2N3. The van der Waals surface area contributed by atoms with Crippen molar-refractivity contribution in [1.29, 1.82) is 0 Å². The van der Waals surface area contributed by atoms with E-state index >= 15 is 4.39 Å². The van der Waals surface area contributed by atoms with Crippen molar-refractivity contribution < 1.29 is 8.78 Å². The van der Waals surface area contributed by atoms with Gasteiger partial charge in [0.2, 0.25) is 0 Å². The summed E-state index contributed by atoms with van der Waals surface area (Å²) in [7, 11) is 0. The molecule has 2 aromatic heterocycles. The van der Waals surface area contributed by atoms with E-state index in [9.17, 15) is 4.39 Å². The van der Waals surface area contributed by atoms with Crippen LogP contribution < -0.4 is 0 Å². The maximum absolute atomic E-state index is 15.1. The van der Waals surface area contributed by atoms with Crippen LogP contribution in [-0.2, 0) is 13.1 Å². The molecule has 114 valence electrons. The first-order valence-corrected chi connectivity index (χ1v) is 8.06. The van der Waals surface area contributed by atoms with Crippen LogP contribution in [0.15, 0.2) is 22.8 Å². The first kappa shape index (κ1) is 13.9. The molecule has 3 heterocycles. The summed E-state index contributed by atoms with van der Waals surface area (Å²) >= 11 is 3.45. The van der Waals surface area contributed by atoms with E-state index in [1.54, 1.807) is 28.4 Å². The van der Waals surface area contributed by atoms with E-state index in [2.05, 4.69) is 21.0 Å². The highest BCUT2D eigenvalue weighted by molar-refractivity contribution is 9.10. The molecule has 0 unspecified atom stereocenters. The molecule has 3 aromatic rings. The van der Waals surface area contributed by atoms with Gasteiger partial charge in [0, 0.05) is 18.5 Å². The van der Waals surface area contributed by atoms with Gasteiger partial charge >= 0.3 is 0 Å². The molecule has 6 heteroatoms. The zero-order valence-corrected chi connectivity index (χ0v) is 13.6. The predicted octanol–water partition coefficient (Wildman–Crippen LogP) is 4.65. The Bertz CT molecular complexity index is 895. The Morgan fingerprint density at radius 3 is 2.73 bits per heavy atom. The van der Waals surface area contributed by atoms with Gasteiger partial charge in [0.05, 0.1) is 16.2 Å². The van der Waals surface area contributed by atoms with E-state index < -0.39 is 0 Å². The maximum atomic E-state index is 15.1. The third-order valence-corrected chi connectivity index (χ3v) is 4.79. The summed E-state index contributed by atoms with van der Waals surface area (Å²) < 4.78 is 33.8. The molecule has 22 heavy (non-hydrogen) atoms. The minimum absolute atomic E-state index is 0.342. The van der Waals surface area contributed by atoms with E-state index in [0.29, 0.717) is 28.8 Å². The Labute approximate surface area is 134 Å². The number of rotatable bonds is 0. The first-order chi connectivity index (χ1) is 10.6. The van der Waals surface area contributed by atoms with Gasteiger partial charge in [-0.1, -0.05) is 0 Å². The number of aromatic nitrogens is 3. The highest BCUT2D eigenvalue weighted by Gasteiger charge is 2.26. The third-order valence-electron chi connectivity index (χ3n) is 4.21. The van der Waals surface area contributed by atoms with Crippen LogP contribution in [0, 0.1) is 18.6 Å². The second kappa shape index (κ2) is 4.91. The van der Waals surface area contributed by atoms with Crippen LogP contribution in [0.1, 0.15) is 18.4 Å². The molecule has 0 bridgehead atoms. The number of aryl methyl sites for hydroxylation is 3. The summed E-state index contributed by atoms with van der Waals surface area (Å²) in [6.45, 7) is 3.12. The van der Waals surface area contributed by atoms with Gasteiger partial charge in [-0.2, -0.15) is 5.10 Å². The lowest BCUT2D eigenvalue weighted by atomic mass is 10.1. The smallest absolute Gasteiger partial charge is 0.158 e. The number of hydrogen-bond acceptors (Lipinski definition) is 1. The highest BCUT2D eigenvalue weighted by Crippen LogP contribution is 2.38. The molecule has 0 atom stereocenters.